The molecule has 5 nitrogen and oxygen atoms in total. The van der Waals surface area contributed by atoms with Crippen LogP contribution >= 0.6 is 24.8 Å². The van der Waals surface area contributed by atoms with Gasteiger partial charge in [0.2, 0.25) is 0 Å². The molecule has 1 saturated heterocycles. The number of benzene rings is 3. The summed E-state index contributed by atoms with van der Waals surface area (Å²) in [5, 5.41) is 21.8. The smallest absolute Gasteiger partial charge is 0.131 e. The Morgan fingerprint density at radius 2 is 1.65 bits per heavy atom. The molecule has 4 rings (SSSR count). The first-order valence-corrected chi connectivity index (χ1v) is 12.2. The van der Waals surface area contributed by atoms with Crippen LogP contribution in [-0.4, -0.2) is 47.5 Å². The Morgan fingerprint density at radius 3 is 2.27 bits per heavy atom. The van der Waals surface area contributed by atoms with Gasteiger partial charge in [-0.15, -0.1) is 24.8 Å². The van der Waals surface area contributed by atoms with Crippen molar-refractivity contribution in [2.75, 3.05) is 32.0 Å². The van der Waals surface area contributed by atoms with Gasteiger partial charge >= 0.3 is 0 Å². The highest BCUT2D eigenvalue weighted by atomic mass is 35.5. The van der Waals surface area contributed by atoms with Gasteiger partial charge in [0, 0.05) is 30.9 Å². The Labute approximate surface area is 231 Å². The number of likely N-dealkylation sites (tertiary alicyclic amines) is 1. The van der Waals surface area contributed by atoms with Crippen molar-refractivity contribution in [3.8, 4) is 16.9 Å². The minimum atomic E-state index is -1.08. The Hall–Kier alpha value is -2.35. The van der Waals surface area contributed by atoms with Gasteiger partial charge in [-0.2, -0.15) is 0 Å². The second-order valence-corrected chi connectivity index (χ2v) is 9.71. The third kappa shape index (κ3) is 6.95. The minimum absolute atomic E-state index is 0. The van der Waals surface area contributed by atoms with Gasteiger partial charge in [0.25, 0.3) is 0 Å². The molecule has 1 aliphatic heterocycles. The number of anilines is 1. The van der Waals surface area contributed by atoms with Gasteiger partial charge < -0.3 is 25.6 Å². The predicted molar refractivity (Wildman–Crippen MR) is 152 cm³/mol. The third-order valence-corrected chi connectivity index (χ3v) is 7.28. The number of aliphatic hydroxyl groups is 2. The maximum Gasteiger partial charge on any atom is 0.131 e. The van der Waals surface area contributed by atoms with Gasteiger partial charge in [-0.1, -0.05) is 42.5 Å². The monoisotopic (exact) mass is 550 g/mol. The Balaban J connectivity index is 0.00000241. The molecule has 1 atom stereocenters. The maximum atomic E-state index is 14.9. The first kappa shape index (κ1) is 30.9. The third-order valence-electron chi connectivity index (χ3n) is 7.28. The Kier molecular flexibility index (Phi) is 10.8. The molecule has 4 N–H and O–H groups in total. The molecule has 0 spiro atoms. The van der Waals surface area contributed by atoms with Crippen LogP contribution in [0.15, 0.2) is 54.6 Å². The second-order valence-electron chi connectivity index (χ2n) is 9.71. The van der Waals surface area contributed by atoms with Crippen LogP contribution in [0.3, 0.4) is 0 Å². The largest absolute Gasteiger partial charge is 0.491 e. The zero-order chi connectivity index (χ0) is 25.2. The van der Waals surface area contributed by atoms with Gasteiger partial charge in [-0.05, 0) is 73.6 Å². The molecule has 0 unspecified atom stereocenters. The lowest BCUT2D eigenvalue weighted by Crippen LogP contribution is -2.46. The number of nitrogen functional groups attached to an aromatic ring is 1. The number of aliphatic hydroxyl groups excluding tert-OH is 1. The number of hydrogen-bond acceptors (Lipinski definition) is 5. The highest BCUT2D eigenvalue weighted by Gasteiger charge is 2.35. The van der Waals surface area contributed by atoms with E-state index in [-0.39, 0.29) is 37.2 Å². The SMILES string of the molecule is Cc1cc(OC[C@@H](O)CN2CCC(O)(c3ccc(-c4ccccc4)c(F)c3)CC2)c(C)c(C)c1N.Cl.Cl. The summed E-state index contributed by atoms with van der Waals surface area (Å²) in [6, 6.07) is 16.3. The number of nitrogens with two attached hydrogens (primary N) is 1. The van der Waals surface area contributed by atoms with Crippen molar-refractivity contribution < 1.29 is 19.3 Å². The van der Waals surface area contributed by atoms with E-state index in [2.05, 4.69) is 4.90 Å². The normalized spacial score (nSPS) is 15.8. The number of nitrogens with zero attached hydrogens (tertiary/aromatic N) is 1. The molecular weight excluding hydrogens is 514 g/mol. The zero-order valence-electron chi connectivity index (χ0n) is 21.5. The maximum absolute atomic E-state index is 14.9. The van der Waals surface area contributed by atoms with Crippen LogP contribution < -0.4 is 10.5 Å². The van der Waals surface area contributed by atoms with Crippen LogP contribution in [-0.2, 0) is 5.60 Å². The van der Waals surface area contributed by atoms with Crippen LogP contribution in [0.5, 0.6) is 5.75 Å². The molecule has 1 aliphatic rings. The fourth-order valence-corrected chi connectivity index (χ4v) is 4.80. The predicted octanol–water partition coefficient (Wildman–Crippen LogP) is 5.57. The summed E-state index contributed by atoms with van der Waals surface area (Å²) in [7, 11) is 0. The summed E-state index contributed by atoms with van der Waals surface area (Å²) in [6.45, 7) is 7.72. The van der Waals surface area contributed by atoms with Crippen LogP contribution in [0.1, 0.15) is 35.1 Å². The van der Waals surface area contributed by atoms with E-state index in [1.54, 1.807) is 6.07 Å². The lowest BCUT2D eigenvalue weighted by molar-refractivity contribution is -0.0374. The number of aryl methyl sites for hydroxylation is 1. The molecule has 1 fully saturated rings. The summed E-state index contributed by atoms with van der Waals surface area (Å²) in [5.74, 6) is 0.405. The average Bonchev–Trinajstić information content (AvgIpc) is 2.86. The van der Waals surface area contributed by atoms with Crippen LogP contribution in [0.2, 0.25) is 0 Å². The topological polar surface area (TPSA) is 79.0 Å². The van der Waals surface area contributed by atoms with Crippen LogP contribution in [0.4, 0.5) is 10.1 Å². The number of halogens is 3. The molecule has 0 aromatic heterocycles. The van der Waals surface area contributed by atoms with E-state index in [0.29, 0.717) is 43.6 Å². The molecule has 1 heterocycles. The molecule has 3 aromatic rings. The molecule has 37 heavy (non-hydrogen) atoms. The highest BCUT2D eigenvalue weighted by molar-refractivity contribution is 5.85. The van der Waals surface area contributed by atoms with E-state index >= 15 is 0 Å². The lowest BCUT2D eigenvalue weighted by Gasteiger charge is -2.39. The summed E-state index contributed by atoms with van der Waals surface area (Å²) < 4.78 is 20.8. The summed E-state index contributed by atoms with van der Waals surface area (Å²) in [5.41, 5.74) is 10.7. The average molecular weight is 552 g/mol. The zero-order valence-corrected chi connectivity index (χ0v) is 23.2. The second kappa shape index (κ2) is 12.9. The lowest BCUT2D eigenvalue weighted by atomic mass is 9.83. The highest BCUT2D eigenvalue weighted by Crippen LogP contribution is 2.35. The van der Waals surface area contributed by atoms with E-state index in [1.165, 1.54) is 6.07 Å². The number of piperidine rings is 1. The van der Waals surface area contributed by atoms with Crippen molar-refractivity contribution in [1.82, 2.24) is 4.90 Å². The van der Waals surface area contributed by atoms with Gasteiger partial charge in [0.15, 0.2) is 0 Å². The van der Waals surface area contributed by atoms with E-state index in [0.717, 1.165) is 33.7 Å². The standard InChI is InChI=1S/C29H35FN2O3.2ClH/c1-19-15-27(20(2)21(3)28(19)31)35-18-24(33)17-32-13-11-29(34,12-14-32)23-9-10-25(26(30)16-23)22-7-5-4-6-8-22;;/h4-10,15-16,24,33-34H,11-14,17-18,31H2,1-3H3;2*1H/t24-;;/m0../s1. The molecule has 8 heteroatoms. The van der Waals surface area contributed by atoms with Crippen molar-refractivity contribution in [3.05, 3.63) is 82.7 Å². The summed E-state index contributed by atoms with van der Waals surface area (Å²) >= 11 is 0. The number of ether oxygens (including phenoxy) is 1. The van der Waals surface area contributed by atoms with Crippen molar-refractivity contribution in [2.24, 2.45) is 0 Å². The van der Waals surface area contributed by atoms with Gasteiger partial charge in [0.1, 0.15) is 24.3 Å². The fourth-order valence-electron chi connectivity index (χ4n) is 4.80. The molecule has 202 valence electrons. The summed E-state index contributed by atoms with van der Waals surface area (Å²) in [4.78, 5) is 2.11. The number of rotatable bonds is 7. The van der Waals surface area contributed by atoms with Crippen molar-refractivity contribution >= 4 is 30.5 Å². The Bertz CT molecular complexity index is 1190. The number of hydrogen-bond donors (Lipinski definition) is 3. The molecule has 0 bridgehead atoms. The Morgan fingerprint density at radius 1 is 1.00 bits per heavy atom. The van der Waals surface area contributed by atoms with Crippen LogP contribution in [0, 0.1) is 26.6 Å². The van der Waals surface area contributed by atoms with Crippen molar-refractivity contribution in [1.29, 1.82) is 0 Å². The van der Waals surface area contributed by atoms with E-state index in [4.69, 9.17) is 10.5 Å². The van der Waals surface area contributed by atoms with Gasteiger partial charge in [-0.25, -0.2) is 4.39 Å². The fraction of sp³-hybridized carbons (Fsp3) is 0.379. The quantitative estimate of drug-likeness (QED) is 0.335. The van der Waals surface area contributed by atoms with Crippen LogP contribution in [0.25, 0.3) is 11.1 Å². The molecular formula is C29H37Cl2FN2O3. The van der Waals surface area contributed by atoms with Gasteiger partial charge in [-0.3, -0.25) is 0 Å². The van der Waals surface area contributed by atoms with E-state index in [9.17, 15) is 14.6 Å². The van der Waals surface area contributed by atoms with Gasteiger partial charge in [0.05, 0.1) is 5.60 Å². The molecule has 0 aliphatic carbocycles. The number of β-amino-alcohol motifs (C(OH)–C–C–N with tert-alkyl or cyclic N) is 1. The molecule has 0 amide bonds. The molecule has 3 aromatic carbocycles. The molecule has 0 saturated carbocycles. The van der Waals surface area contributed by atoms with E-state index < -0.39 is 11.7 Å². The molecule has 0 radical (unpaired) electrons. The first-order chi connectivity index (χ1) is 16.7. The summed E-state index contributed by atoms with van der Waals surface area (Å²) in [6.07, 6.45) is 0.279. The van der Waals surface area contributed by atoms with Crippen molar-refractivity contribution in [3.63, 3.8) is 0 Å². The first-order valence-electron chi connectivity index (χ1n) is 12.2. The minimum Gasteiger partial charge on any atom is -0.491 e. The van der Waals surface area contributed by atoms with E-state index in [1.807, 2.05) is 63.2 Å². The van der Waals surface area contributed by atoms with Crippen molar-refractivity contribution in [2.45, 2.75) is 45.3 Å².